The Kier molecular flexibility index (Phi) is 4.95. The Balaban J connectivity index is 1.58. The number of imide groups is 1. The SMILES string of the molecule is CCOc1ccc(S(=O)(=O)N2C3CCC2CC(N2C(=O)CCC2=O)C3)cc1C. The van der Waals surface area contributed by atoms with Crippen molar-refractivity contribution in [3.63, 3.8) is 0 Å². The van der Waals surface area contributed by atoms with Gasteiger partial charge in [0.2, 0.25) is 21.8 Å². The van der Waals surface area contributed by atoms with E-state index < -0.39 is 10.0 Å². The van der Waals surface area contributed by atoms with E-state index in [1.54, 1.807) is 22.5 Å². The third-order valence-electron chi connectivity index (χ3n) is 6.12. The molecule has 3 fully saturated rings. The number of piperidine rings is 1. The average molecular weight is 407 g/mol. The number of hydrogen-bond acceptors (Lipinski definition) is 5. The summed E-state index contributed by atoms with van der Waals surface area (Å²) in [5.74, 6) is 0.454. The second-order valence-electron chi connectivity index (χ2n) is 7.86. The van der Waals surface area contributed by atoms with E-state index in [2.05, 4.69) is 0 Å². The Bertz CT molecular complexity index is 883. The maximum absolute atomic E-state index is 13.4. The number of sulfonamides is 1. The Hall–Kier alpha value is -1.93. The van der Waals surface area contributed by atoms with E-state index in [4.69, 9.17) is 4.74 Å². The molecular weight excluding hydrogens is 380 g/mol. The van der Waals surface area contributed by atoms with Crippen LogP contribution in [0.3, 0.4) is 0 Å². The van der Waals surface area contributed by atoms with Gasteiger partial charge in [0.1, 0.15) is 5.75 Å². The Labute approximate surface area is 165 Å². The molecule has 2 unspecified atom stereocenters. The van der Waals surface area contributed by atoms with Gasteiger partial charge in [0.05, 0.1) is 11.5 Å². The van der Waals surface area contributed by atoms with Gasteiger partial charge in [-0.25, -0.2) is 8.42 Å². The van der Waals surface area contributed by atoms with Crippen LogP contribution in [0.25, 0.3) is 0 Å². The summed E-state index contributed by atoms with van der Waals surface area (Å²) >= 11 is 0. The summed E-state index contributed by atoms with van der Waals surface area (Å²) in [5.41, 5.74) is 0.790. The normalized spacial score (nSPS) is 28.2. The molecule has 2 amide bonds. The van der Waals surface area contributed by atoms with Crippen molar-refractivity contribution in [3.05, 3.63) is 23.8 Å². The van der Waals surface area contributed by atoms with Crippen LogP contribution in [0.1, 0.15) is 51.0 Å². The highest BCUT2D eigenvalue weighted by atomic mass is 32.2. The van der Waals surface area contributed by atoms with Gasteiger partial charge in [0, 0.05) is 31.0 Å². The van der Waals surface area contributed by atoms with Crippen LogP contribution in [0.4, 0.5) is 0 Å². The average Bonchev–Trinajstić information content (AvgIpc) is 3.13. The first kappa shape index (κ1) is 19.4. The van der Waals surface area contributed by atoms with Crippen molar-refractivity contribution in [2.24, 2.45) is 0 Å². The van der Waals surface area contributed by atoms with Crippen LogP contribution in [0.2, 0.25) is 0 Å². The smallest absolute Gasteiger partial charge is 0.243 e. The van der Waals surface area contributed by atoms with Crippen LogP contribution >= 0.6 is 0 Å². The third-order valence-corrected chi connectivity index (χ3v) is 8.12. The van der Waals surface area contributed by atoms with Crippen LogP contribution in [0.15, 0.2) is 23.1 Å². The van der Waals surface area contributed by atoms with E-state index >= 15 is 0 Å². The summed E-state index contributed by atoms with van der Waals surface area (Å²) in [6, 6.07) is 4.48. The molecule has 3 aliphatic heterocycles. The molecule has 2 atom stereocenters. The monoisotopic (exact) mass is 406 g/mol. The zero-order chi connectivity index (χ0) is 20.1. The lowest BCUT2D eigenvalue weighted by molar-refractivity contribution is -0.142. The molecule has 28 heavy (non-hydrogen) atoms. The van der Waals surface area contributed by atoms with Crippen molar-refractivity contribution in [1.29, 1.82) is 0 Å². The van der Waals surface area contributed by atoms with E-state index in [1.165, 1.54) is 4.90 Å². The number of amides is 2. The van der Waals surface area contributed by atoms with Gasteiger partial charge in [0.15, 0.2) is 0 Å². The Morgan fingerprint density at radius 1 is 1.04 bits per heavy atom. The molecule has 0 radical (unpaired) electrons. The maximum Gasteiger partial charge on any atom is 0.243 e. The molecule has 8 heteroatoms. The van der Waals surface area contributed by atoms with Gasteiger partial charge in [-0.2, -0.15) is 4.31 Å². The standard InChI is InChI=1S/C20H26N2O5S/c1-3-27-18-7-6-17(10-13(18)2)28(25,26)22-14-4-5-15(22)12-16(11-14)21-19(23)8-9-20(21)24/h6-7,10,14-16H,3-5,8-9,11-12H2,1-2H3. The van der Waals surface area contributed by atoms with Crippen LogP contribution in [-0.4, -0.2) is 54.2 Å². The van der Waals surface area contributed by atoms with Gasteiger partial charge in [0.25, 0.3) is 0 Å². The minimum Gasteiger partial charge on any atom is -0.494 e. The number of carbonyl (C=O) groups excluding carboxylic acids is 2. The van der Waals surface area contributed by atoms with Gasteiger partial charge >= 0.3 is 0 Å². The molecule has 4 rings (SSSR count). The lowest BCUT2D eigenvalue weighted by Crippen LogP contribution is -2.53. The fourth-order valence-electron chi connectivity index (χ4n) is 4.93. The molecule has 3 aliphatic rings. The molecule has 0 saturated carbocycles. The van der Waals surface area contributed by atoms with Crippen molar-refractivity contribution in [2.45, 2.75) is 75.4 Å². The van der Waals surface area contributed by atoms with Crippen LogP contribution in [0.5, 0.6) is 5.75 Å². The molecular formula is C20H26N2O5S. The quantitative estimate of drug-likeness (QED) is 0.700. The summed E-state index contributed by atoms with van der Waals surface area (Å²) in [6.45, 7) is 4.26. The molecule has 2 bridgehead atoms. The van der Waals surface area contributed by atoms with E-state index in [0.29, 0.717) is 25.2 Å². The maximum atomic E-state index is 13.4. The number of benzene rings is 1. The Morgan fingerprint density at radius 2 is 1.64 bits per heavy atom. The first-order valence-corrected chi connectivity index (χ1v) is 11.4. The van der Waals surface area contributed by atoms with Crippen molar-refractivity contribution < 1.29 is 22.7 Å². The summed E-state index contributed by atoms with van der Waals surface area (Å²) < 4.78 is 33.9. The van der Waals surface area contributed by atoms with Gasteiger partial charge in [-0.3, -0.25) is 14.5 Å². The first-order chi connectivity index (χ1) is 13.3. The van der Waals surface area contributed by atoms with Gasteiger partial charge < -0.3 is 4.74 Å². The van der Waals surface area contributed by atoms with Crippen molar-refractivity contribution >= 4 is 21.8 Å². The van der Waals surface area contributed by atoms with Crippen molar-refractivity contribution in [2.75, 3.05) is 6.61 Å². The topological polar surface area (TPSA) is 84.0 Å². The molecule has 0 aromatic heterocycles. The highest BCUT2D eigenvalue weighted by molar-refractivity contribution is 7.89. The summed E-state index contributed by atoms with van der Waals surface area (Å²) in [5, 5.41) is 0. The summed E-state index contributed by atoms with van der Waals surface area (Å²) in [4.78, 5) is 25.9. The van der Waals surface area contributed by atoms with E-state index in [1.807, 2.05) is 13.8 Å². The second kappa shape index (κ2) is 7.15. The number of aryl methyl sites for hydroxylation is 1. The van der Waals surface area contributed by atoms with Crippen LogP contribution in [0, 0.1) is 6.92 Å². The van der Waals surface area contributed by atoms with E-state index in [-0.39, 0.29) is 47.7 Å². The predicted molar refractivity (Wildman–Crippen MR) is 102 cm³/mol. The van der Waals surface area contributed by atoms with Crippen molar-refractivity contribution in [3.8, 4) is 5.75 Å². The van der Waals surface area contributed by atoms with Gasteiger partial charge in [-0.05, 0) is 63.3 Å². The molecule has 3 saturated heterocycles. The zero-order valence-corrected chi connectivity index (χ0v) is 17.1. The highest BCUT2D eigenvalue weighted by Crippen LogP contribution is 2.42. The van der Waals surface area contributed by atoms with E-state index in [9.17, 15) is 18.0 Å². The van der Waals surface area contributed by atoms with Crippen LogP contribution in [-0.2, 0) is 19.6 Å². The number of nitrogens with zero attached hydrogens (tertiary/aromatic N) is 2. The fraction of sp³-hybridized carbons (Fsp3) is 0.600. The molecule has 3 heterocycles. The van der Waals surface area contributed by atoms with Gasteiger partial charge in [-0.15, -0.1) is 0 Å². The fourth-order valence-corrected chi connectivity index (χ4v) is 6.91. The largest absolute Gasteiger partial charge is 0.494 e. The molecule has 0 aliphatic carbocycles. The predicted octanol–water partition coefficient (Wildman–Crippen LogP) is 2.23. The molecule has 1 aromatic carbocycles. The number of ether oxygens (including phenoxy) is 1. The second-order valence-corrected chi connectivity index (χ2v) is 9.71. The lowest BCUT2D eigenvalue weighted by atomic mass is 9.98. The van der Waals surface area contributed by atoms with Crippen LogP contribution < -0.4 is 4.74 Å². The highest BCUT2D eigenvalue weighted by Gasteiger charge is 2.50. The molecule has 7 nitrogen and oxygen atoms in total. The van der Waals surface area contributed by atoms with E-state index in [0.717, 1.165) is 18.4 Å². The molecule has 0 N–H and O–H groups in total. The number of carbonyl (C=O) groups is 2. The number of fused-ring (bicyclic) bond motifs is 2. The Morgan fingerprint density at radius 3 is 2.18 bits per heavy atom. The lowest BCUT2D eigenvalue weighted by Gasteiger charge is -2.40. The summed E-state index contributed by atoms with van der Waals surface area (Å²) in [7, 11) is -3.64. The molecule has 0 spiro atoms. The minimum atomic E-state index is -3.64. The van der Waals surface area contributed by atoms with Gasteiger partial charge in [-0.1, -0.05) is 0 Å². The van der Waals surface area contributed by atoms with Crippen molar-refractivity contribution in [1.82, 2.24) is 9.21 Å². The summed E-state index contributed by atoms with van der Waals surface area (Å²) in [6.07, 6.45) is 3.15. The molecule has 1 aromatic rings. The minimum absolute atomic E-state index is 0.118. The number of rotatable bonds is 5. The molecule has 152 valence electrons. The third kappa shape index (κ3) is 3.12. The zero-order valence-electron chi connectivity index (χ0n) is 16.3. The number of hydrogen-bond donors (Lipinski definition) is 0. The first-order valence-electron chi connectivity index (χ1n) is 9.94. The number of likely N-dealkylation sites (tertiary alicyclic amines) is 1.